The van der Waals surface area contributed by atoms with Crippen LogP contribution in [0, 0.1) is 12.9 Å². The highest BCUT2D eigenvalue weighted by Crippen LogP contribution is 2.18. The van der Waals surface area contributed by atoms with E-state index in [2.05, 4.69) is 20.0 Å². The highest BCUT2D eigenvalue weighted by Gasteiger charge is 2.17. The topological polar surface area (TPSA) is 84.1 Å². The summed E-state index contributed by atoms with van der Waals surface area (Å²) in [5, 5.41) is 2.52. The number of carbonyl (C=O) groups is 2. The Morgan fingerprint density at radius 2 is 2.15 bits per heavy atom. The van der Waals surface area contributed by atoms with Crippen molar-refractivity contribution in [1.82, 2.24) is 9.97 Å². The van der Waals surface area contributed by atoms with Crippen LogP contribution in [0.1, 0.15) is 26.5 Å². The van der Waals surface area contributed by atoms with Crippen molar-refractivity contribution < 1.29 is 18.7 Å². The summed E-state index contributed by atoms with van der Waals surface area (Å²) in [4.78, 5) is 29.7. The number of hydrogen-bond donors (Lipinski definition) is 2. The Hall–Kier alpha value is -2.70. The second-order valence-corrected chi connectivity index (χ2v) is 4.05. The third-order valence-corrected chi connectivity index (χ3v) is 2.58. The lowest BCUT2D eigenvalue weighted by Gasteiger charge is -2.05. The van der Waals surface area contributed by atoms with Crippen LogP contribution in [0.15, 0.2) is 24.4 Å². The molecule has 7 heteroatoms. The first-order valence-corrected chi connectivity index (χ1v) is 5.72. The Labute approximate surface area is 114 Å². The van der Waals surface area contributed by atoms with Gasteiger partial charge in [0.2, 0.25) is 5.95 Å². The molecule has 0 aliphatic carbocycles. The van der Waals surface area contributed by atoms with Crippen LogP contribution in [-0.2, 0) is 4.74 Å². The third kappa shape index (κ3) is 2.82. The van der Waals surface area contributed by atoms with E-state index in [0.717, 1.165) is 6.07 Å². The number of H-pyrrole nitrogens is 1. The average Bonchev–Trinajstić information content (AvgIpc) is 2.78. The number of methoxy groups -OCH3 is 1. The number of pyridine rings is 1. The number of aromatic amines is 1. The van der Waals surface area contributed by atoms with Crippen molar-refractivity contribution in [3.05, 3.63) is 47.3 Å². The van der Waals surface area contributed by atoms with Crippen LogP contribution in [-0.4, -0.2) is 29.0 Å². The molecule has 104 valence electrons. The van der Waals surface area contributed by atoms with Crippen molar-refractivity contribution in [3.8, 4) is 0 Å². The van der Waals surface area contributed by atoms with Crippen LogP contribution >= 0.6 is 0 Å². The zero-order valence-corrected chi connectivity index (χ0v) is 10.9. The first kappa shape index (κ1) is 13.7. The number of nitrogens with one attached hydrogen (secondary N) is 2. The zero-order valence-electron chi connectivity index (χ0n) is 10.9. The molecular weight excluding hydrogens is 265 g/mol. The summed E-state index contributed by atoms with van der Waals surface area (Å²) in [5.41, 5.74) is 1.19. The summed E-state index contributed by atoms with van der Waals surface area (Å²) in [6.07, 6.45) is 1.19. The number of carbonyl (C=O) groups excluding carboxylic acids is 2. The summed E-state index contributed by atoms with van der Waals surface area (Å²) in [6, 6.07) is 3.96. The Balaban J connectivity index is 2.26. The number of aryl methyl sites for hydroxylation is 1. The molecule has 0 bridgehead atoms. The summed E-state index contributed by atoms with van der Waals surface area (Å²) in [5.74, 6) is -1.90. The van der Waals surface area contributed by atoms with Crippen LogP contribution < -0.4 is 5.32 Å². The summed E-state index contributed by atoms with van der Waals surface area (Å²) in [7, 11) is 1.24. The van der Waals surface area contributed by atoms with E-state index in [4.69, 9.17) is 0 Å². The molecule has 0 atom stereocenters. The van der Waals surface area contributed by atoms with E-state index in [1.807, 2.05) is 0 Å². The molecule has 2 N–H and O–H groups in total. The van der Waals surface area contributed by atoms with E-state index in [9.17, 15) is 14.0 Å². The molecule has 0 aliphatic heterocycles. The van der Waals surface area contributed by atoms with Crippen molar-refractivity contribution in [2.24, 2.45) is 0 Å². The number of rotatable bonds is 3. The lowest BCUT2D eigenvalue weighted by Crippen LogP contribution is -2.15. The number of hydrogen-bond acceptors (Lipinski definition) is 4. The molecule has 2 aromatic rings. The highest BCUT2D eigenvalue weighted by atomic mass is 19.1. The molecule has 6 nitrogen and oxygen atoms in total. The average molecular weight is 277 g/mol. The molecule has 2 rings (SSSR count). The molecule has 2 heterocycles. The molecule has 20 heavy (non-hydrogen) atoms. The van der Waals surface area contributed by atoms with Gasteiger partial charge >= 0.3 is 5.97 Å². The molecule has 0 saturated heterocycles. The first-order valence-electron chi connectivity index (χ1n) is 5.72. The maximum Gasteiger partial charge on any atom is 0.356 e. The molecule has 0 saturated carbocycles. The van der Waals surface area contributed by atoms with Crippen LogP contribution in [0.4, 0.5) is 10.1 Å². The van der Waals surface area contributed by atoms with Gasteiger partial charge in [-0.15, -0.1) is 0 Å². The molecule has 0 spiro atoms. The van der Waals surface area contributed by atoms with Gasteiger partial charge in [-0.05, 0) is 19.1 Å². The third-order valence-electron chi connectivity index (χ3n) is 2.58. The summed E-state index contributed by atoms with van der Waals surface area (Å²) >= 11 is 0. The van der Waals surface area contributed by atoms with Gasteiger partial charge in [0.25, 0.3) is 5.91 Å². The van der Waals surface area contributed by atoms with Gasteiger partial charge in [0, 0.05) is 23.5 Å². The number of halogens is 1. The minimum atomic E-state index is -0.754. The number of anilines is 1. The second kappa shape index (κ2) is 5.52. The SMILES string of the molecule is COC(=O)c1[nH]c(C)cc1NC(=O)c1ccnc(F)c1. The fourth-order valence-electron chi connectivity index (χ4n) is 1.69. The van der Waals surface area contributed by atoms with E-state index in [-0.39, 0.29) is 16.9 Å². The maximum atomic E-state index is 13.0. The Kier molecular flexibility index (Phi) is 3.79. The summed E-state index contributed by atoms with van der Waals surface area (Å²) < 4.78 is 17.6. The fourth-order valence-corrected chi connectivity index (χ4v) is 1.69. The van der Waals surface area contributed by atoms with Crippen LogP contribution in [0.25, 0.3) is 0 Å². The predicted octanol–water partition coefficient (Wildman–Crippen LogP) is 1.90. The van der Waals surface area contributed by atoms with Gasteiger partial charge in [-0.3, -0.25) is 4.79 Å². The van der Waals surface area contributed by atoms with E-state index < -0.39 is 17.8 Å². The molecule has 0 aliphatic rings. The Bertz CT molecular complexity index is 667. The number of amides is 1. The minimum absolute atomic E-state index is 0.104. The second-order valence-electron chi connectivity index (χ2n) is 4.05. The van der Waals surface area contributed by atoms with Crippen LogP contribution in [0.3, 0.4) is 0 Å². The van der Waals surface area contributed by atoms with E-state index in [1.54, 1.807) is 13.0 Å². The van der Waals surface area contributed by atoms with E-state index in [0.29, 0.717) is 5.69 Å². The van der Waals surface area contributed by atoms with Crippen LogP contribution in [0.2, 0.25) is 0 Å². The molecule has 1 amide bonds. The molecule has 0 fully saturated rings. The first-order chi connectivity index (χ1) is 9.51. The van der Waals surface area contributed by atoms with Crippen molar-refractivity contribution in [2.45, 2.75) is 6.92 Å². The molecule has 0 aromatic carbocycles. The number of esters is 1. The Morgan fingerprint density at radius 3 is 2.80 bits per heavy atom. The van der Waals surface area contributed by atoms with Gasteiger partial charge in [-0.1, -0.05) is 0 Å². The lowest BCUT2D eigenvalue weighted by atomic mass is 10.2. The smallest absolute Gasteiger partial charge is 0.356 e. The van der Waals surface area contributed by atoms with Crippen LogP contribution in [0.5, 0.6) is 0 Å². The number of nitrogens with zero attached hydrogens (tertiary/aromatic N) is 1. The minimum Gasteiger partial charge on any atom is -0.464 e. The lowest BCUT2D eigenvalue weighted by molar-refractivity contribution is 0.0596. The monoisotopic (exact) mass is 277 g/mol. The highest BCUT2D eigenvalue weighted by molar-refractivity contribution is 6.07. The van der Waals surface area contributed by atoms with Gasteiger partial charge in [0.1, 0.15) is 5.69 Å². The largest absolute Gasteiger partial charge is 0.464 e. The number of ether oxygens (including phenoxy) is 1. The van der Waals surface area contributed by atoms with Crippen molar-refractivity contribution in [2.75, 3.05) is 12.4 Å². The number of aromatic nitrogens is 2. The quantitative estimate of drug-likeness (QED) is 0.663. The molecule has 2 aromatic heterocycles. The fraction of sp³-hybridized carbons (Fsp3) is 0.154. The van der Waals surface area contributed by atoms with Crippen molar-refractivity contribution in [3.63, 3.8) is 0 Å². The Morgan fingerprint density at radius 1 is 1.40 bits per heavy atom. The van der Waals surface area contributed by atoms with Gasteiger partial charge in [0.15, 0.2) is 0 Å². The van der Waals surface area contributed by atoms with E-state index >= 15 is 0 Å². The van der Waals surface area contributed by atoms with Crippen molar-refractivity contribution >= 4 is 17.6 Å². The molecule has 0 radical (unpaired) electrons. The summed E-state index contributed by atoms with van der Waals surface area (Å²) in [6.45, 7) is 1.73. The normalized spacial score (nSPS) is 10.2. The van der Waals surface area contributed by atoms with Gasteiger partial charge in [-0.25, -0.2) is 9.78 Å². The van der Waals surface area contributed by atoms with Gasteiger partial charge in [-0.2, -0.15) is 4.39 Å². The zero-order chi connectivity index (χ0) is 14.7. The standard InChI is InChI=1S/C13H12FN3O3/c1-7-5-9(11(16-7)13(19)20-2)17-12(18)8-3-4-15-10(14)6-8/h3-6,16H,1-2H3,(H,17,18). The molecular formula is C13H12FN3O3. The van der Waals surface area contributed by atoms with Gasteiger partial charge in [0.05, 0.1) is 12.8 Å². The maximum absolute atomic E-state index is 13.0. The predicted molar refractivity (Wildman–Crippen MR) is 69.0 cm³/mol. The van der Waals surface area contributed by atoms with Gasteiger partial charge < -0.3 is 15.0 Å². The molecule has 0 unspecified atom stereocenters. The van der Waals surface area contributed by atoms with E-state index in [1.165, 1.54) is 19.4 Å². The van der Waals surface area contributed by atoms with Crippen molar-refractivity contribution in [1.29, 1.82) is 0 Å².